The molecule has 1 heterocycles. The molecule has 0 aliphatic carbocycles. The lowest BCUT2D eigenvalue weighted by molar-refractivity contribution is -0.119. The molecule has 21 heavy (non-hydrogen) atoms. The number of benzene rings is 1. The van der Waals surface area contributed by atoms with Gasteiger partial charge >= 0.3 is 0 Å². The number of halogens is 1. The van der Waals surface area contributed by atoms with Crippen molar-refractivity contribution >= 4 is 33.3 Å². The number of hydrogen-bond acceptors (Lipinski definition) is 3. The van der Waals surface area contributed by atoms with Gasteiger partial charge in [0.05, 0.1) is 23.1 Å². The summed E-state index contributed by atoms with van der Waals surface area (Å²) < 4.78 is 2.59. The number of ketones is 1. The molecule has 2 rings (SSSR count). The maximum absolute atomic E-state index is 12.2. The van der Waals surface area contributed by atoms with Crippen molar-refractivity contribution in [3.63, 3.8) is 0 Å². The third kappa shape index (κ3) is 4.26. The summed E-state index contributed by atoms with van der Waals surface area (Å²) in [5, 5.41) is 6.95. The highest BCUT2D eigenvalue weighted by Crippen LogP contribution is 2.14. The molecule has 0 fully saturated rings. The minimum absolute atomic E-state index is 0.0273. The molecule has 1 unspecified atom stereocenters. The van der Waals surface area contributed by atoms with Gasteiger partial charge in [-0.05, 0) is 35.0 Å². The van der Waals surface area contributed by atoms with Crippen LogP contribution in [0.3, 0.4) is 0 Å². The van der Waals surface area contributed by atoms with Gasteiger partial charge in [0.15, 0.2) is 5.78 Å². The number of nitrogens with one attached hydrogen (secondary N) is 1. The molecule has 1 aromatic carbocycles. The fraction of sp³-hybridized carbons (Fsp3) is 0.267. The van der Waals surface area contributed by atoms with Crippen molar-refractivity contribution in [1.82, 2.24) is 9.78 Å². The van der Waals surface area contributed by atoms with E-state index in [1.54, 1.807) is 35.1 Å². The smallest absolute Gasteiger partial charge is 0.229 e. The number of hydrogen-bond donors (Lipinski definition) is 1. The number of carbonyl (C=O) groups is 2. The first-order chi connectivity index (χ1) is 9.95. The van der Waals surface area contributed by atoms with Gasteiger partial charge in [-0.15, -0.1) is 0 Å². The number of aromatic nitrogens is 2. The van der Waals surface area contributed by atoms with Crippen molar-refractivity contribution in [2.75, 3.05) is 5.32 Å². The fourth-order valence-corrected chi connectivity index (χ4v) is 2.21. The minimum Gasteiger partial charge on any atom is -0.326 e. The van der Waals surface area contributed by atoms with E-state index in [-0.39, 0.29) is 17.6 Å². The Hall–Kier alpha value is -1.95. The van der Waals surface area contributed by atoms with Crippen LogP contribution in [0, 0.1) is 5.92 Å². The first-order valence-corrected chi connectivity index (χ1v) is 7.35. The predicted molar refractivity (Wildman–Crippen MR) is 84.2 cm³/mol. The molecule has 5 nitrogen and oxygen atoms in total. The van der Waals surface area contributed by atoms with Crippen molar-refractivity contribution in [2.45, 2.75) is 20.4 Å². The summed E-state index contributed by atoms with van der Waals surface area (Å²) in [5.74, 6) is -0.374. The van der Waals surface area contributed by atoms with Crippen LogP contribution in [0.2, 0.25) is 0 Å². The van der Waals surface area contributed by atoms with Gasteiger partial charge in [0.1, 0.15) is 0 Å². The summed E-state index contributed by atoms with van der Waals surface area (Å²) in [5.41, 5.74) is 1.21. The zero-order valence-corrected chi connectivity index (χ0v) is 13.4. The lowest BCUT2D eigenvalue weighted by Crippen LogP contribution is -2.24. The van der Waals surface area contributed by atoms with Crippen LogP contribution in [-0.4, -0.2) is 21.5 Å². The summed E-state index contributed by atoms with van der Waals surface area (Å²) in [4.78, 5) is 23.5. The summed E-state index contributed by atoms with van der Waals surface area (Å²) in [7, 11) is 0. The maximum atomic E-state index is 12.2. The number of nitrogens with zero attached hydrogens (tertiary/aromatic N) is 2. The highest BCUT2D eigenvalue weighted by atomic mass is 79.9. The van der Waals surface area contributed by atoms with Crippen LogP contribution in [0.1, 0.15) is 24.2 Å². The molecule has 0 aliphatic heterocycles. The van der Waals surface area contributed by atoms with Gasteiger partial charge in [0.25, 0.3) is 0 Å². The summed E-state index contributed by atoms with van der Waals surface area (Å²) >= 11 is 3.32. The number of anilines is 1. The summed E-state index contributed by atoms with van der Waals surface area (Å²) in [6.45, 7) is 3.82. The van der Waals surface area contributed by atoms with Gasteiger partial charge in [-0.3, -0.25) is 14.3 Å². The molecule has 1 amide bonds. The molecule has 2 aromatic rings. The molecule has 1 atom stereocenters. The van der Waals surface area contributed by atoms with Crippen molar-refractivity contribution in [1.29, 1.82) is 0 Å². The minimum atomic E-state index is -0.238. The quantitative estimate of drug-likeness (QED) is 0.843. The first kappa shape index (κ1) is 15.4. The standard InChI is InChI=1S/C15H16BrN3O2/c1-10(8-19-9-13(16)7-17-19)15(21)18-14-5-3-4-12(6-14)11(2)20/h3-7,9-10H,8H2,1-2H3,(H,18,21). The van der Waals surface area contributed by atoms with Crippen LogP contribution in [0.25, 0.3) is 0 Å². The van der Waals surface area contributed by atoms with E-state index in [9.17, 15) is 9.59 Å². The lowest BCUT2D eigenvalue weighted by atomic mass is 10.1. The average molecular weight is 350 g/mol. The van der Waals surface area contributed by atoms with Crippen molar-refractivity contribution in [2.24, 2.45) is 5.92 Å². The van der Waals surface area contributed by atoms with E-state index >= 15 is 0 Å². The zero-order chi connectivity index (χ0) is 15.4. The van der Waals surface area contributed by atoms with Crippen molar-refractivity contribution < 1.29 is 9.59 Å². The Kier molecular flexibility index (Phi) is 4.90. The van der Waals surface area contributed by atoms with E-state index in [1.807, 2.05) is 13.1 Å². The summed E-state index contributed by atoms with van der Waals surface area (Å²) in [6.07, 6.45) is 3.50. The topological polar surface area (TPSA) is 64.0 Å². The Labute approximate surface area is 131 Å². The van der Waals surface area contributed by atoms with Crippen molar-refractivity contribution in [3.05, 3.63) is 46.7 Å². The molecular formula is C15H16BrN3O2. The number of amides is 1. The Balaban J connectivity index is 2.00. The third-order valence-corrected chi connectivity index (χ3v) is 3.46. The van der Waals surface area contributed by atoms with Crippen molar-refractivity contribution in [3.8, 4) is 0 Å². The molecule has 6 heteroatoms. The Morgan fingerprint density at radius 3 is 2.81 bits per heavy atom. The van der Waals surface area contributed by atoms with Gasteiger partial charge in [0.2, 0.25) is 5.91 Å². The Morgan fingerprint density at radius 2 is 2.19 bits per heavy atom. The molecule has 0 spiro atoms. The van der Waals surface area contributed by atoms with E-state index in [1.165, 1.54) is 6.92 Å². The zero-order valence-electron chi connectivity index (χ0n) is 11.8. The predicted octanol–water partition coefficient (Wildman–Crippen LogP) is 3.12. The second-order valence-electron chi connectivity index (χ2n) is 4.91. The average Bonchev–Trinajstić information content (AvgIpc) is 2.84. The lowest BCUT2D eigenvalue weighted by Gasteiger charge is -2.12. The Bertz CT molecular complexity index is 666. The number of Topliss-reactive ketones (excluding diaryl/α,β-unsaturated/α-hetero) is 1. The van der Waals surface area contributed by atoms with E-state index in [0.29, 0.717) is 17.8 Å². The number of carbonyl (C=O) groups excluding carboxylic acids is 2. The molecule has 0 aliphatic rings. The highest BCUT2D eigenvalue weighted by Gasteiger charge is 2.14. The van der Waals surface area contributed by atoms with Crippen LogP contribution in [0.5, 0.6) is 0 Å². The Morgan fingerprint density at radius 1 is 1.43 bits per heavy atom. The molecule has 0 saturated carbocycles. The molecule has 1 N–H and O–H groups in total. The normalized spacial score (nSPS) is 12.0. The second-order valence-corrected chi connectivity index (χ2v) is 5.82. The van der Waals surface area contributed by atoms with Gasteiger partial charge in [-0.2, -0.15) is 5.10 Å². The van der Waals surface area contributed by atoms with E-state index in [0.717, 1.165) is 4.47 Å². The van der Waals surface area contributed by atoms with Gasteiger partial charge in [-0.25, -0.2) is 0 Å². The highest BCUT2D eigenvalue weighted by molar-refractivity contribution is 9.10. The van der Waals surface area contributed by atoms with Gasteiger partial charge in [0, 0.05) is 17.4 Å². The van der Waals surface area contributed by atoms with Gasteiger partial charge in [-0.1, -0.05) is 19.1 Å². The largest absolute Gasteiger partial charge is 0.326 e. The maximum Gasteiger partial charge on any atom is 0.229 e. The molecule has 1 aromatic heterocycles. The van der Waals surface area contributed by atoms with Crippen LogP contribution < -0.4 is 5.32 Å². The molecular weight excluding hydrogens is 334 g/mol. The van der Waals surface area contributed by atoms with Crippen LogP contribution in [0.4, 0.5) is 5.69 Å². The fourth-order valence-electron chi connectivity index (χ4n) is 1.88. The van der Waals surface area contributed by atoms with Crippen LogP contribution >= 0.6 is 15.9 Å². The molecule has 0 saturated heterocycles. The van der Waals surface area contributed by atoms with E-state index < -0.39 is 0 Å². The molecule has 0 bridgehead atoms. The van der Waals surface area contributed by atoms with Crippen LogP contribution in [0.15, 0.2) is 41.1 Å². The second kappa shape index (κ2) is 6.67. The van der Waals surface area contributed by atoms with E-state index in [4.69, 9.17) is 0 Å². The third-order valence-electron chi connectivity index (χ3n) is 3.05. The monoisotopic (exact) mass is 349 g/mol. The first-order valence-electron chi connectivity index (χ1n) is 6.55. The van der Waals surface area contributed by atoms with E-state index in [2.05, 4.69) is 26.3 Å². The molecule has 110 valence electrons. The van der Waals surface area contributed by atoms with Gasteiger partial charge < -0.3 is 5.32 Å². The van der Waals surface area contributed by atoms with Crippen LogP contribution in [-0.2, 0) is 11.3 Å². The molecule has 0 radical (unpaired) electrons. The summed E-state index contributed by atoms with van der Waals surface area (Å²) in [6, 6.07) is 6.92. The number of rotatable bonds is 5. The SMILES string of the molecule is CC(=O)c1cccc(NC(=O)C(C)Cn2cc(Br)cn2)c1.